The summed E-state index contributed by atoms with van der Waals surface area (Å²) in [4.78, 5) is 36.8. The lowest BCUT2D eigenvalue weighted by atomic mass is 10.2. The summed E-state index contributed by atoms with van der Waals surface area (Å²) in [5.74, 6) is -4.67. The van der Waals surface area contributed by atoms with Crippen molar-refractivity contribution in [1.82, 2.24) is 4.90 Å². The first-order chi connectivity index (χ1) is 14.4. The van der Waals surface area contributed by atoms with Crippen LogP contribution in [0.5, 0.6) is 0 Å². The summed E-state index contributed by atoms with van der Waals surface area (Å²) >= 11 is 0. The van der Waals surface area contributed by atoms with E-state index in [9.17, 15) is 40.7 Å². The maximum absolute atomic E-state index is 14.4. The third-order valence-corrected chi connectivity index (χ3v) is 4.15. The van der Waals surface area contributed by atoms with Crippen LogP contribution in [-0.4, -0.2) is 74.1 Å². The zero-order valence-corrected chi connectivity index (χ0v) is 15.8. The zero-order chi connectivity index (χ0) is 23.3. The highest BCUT2D eigenvalue weighted by molar-refractivity contribution is 6.09. The number of hydrogen-bond acceptors (Lipinski definition) is 5. The largest absolute Gasteiger partial charge is 0.401 e. The van der Waals surface area contributed by atoms with Crippen LogP contribution in [0.4, 0.5) is 37.7 Å². The Hall–Kier alpha value is -2.87. The molecule has 1 fully saturated rings. The molecule has 3 amide bonds. The van der Waals surface area contributed by atoms with Crippen molar-refractivity contribution in [3.63, 3.8) is 0 Å². The molecule has 0 saturated carbocycles. The number of amides is 3. The highest BCUT2D eigenvalue weighted by atomic mass is 19.4. The molecule has 31 heavy (non-hydrogen) atoms. The number of ether oxygens (including phenoxy) is 1. The van der Waals surface area contributed by atoms with Crippen molar-refractivity contribution in [2.75, 3.05) is 43.1 Å². The van der Waals surface area contributed by atoms with Crippen molar-refractivity contribution in [1.29, 1.82) is 0 Å². The van der Waals surface area contributed by atoms with Crippen molar-refractivity contribution in [2.45, 2.75) is 18.6 Å². The predicted octanol–water partition coefficient (Wildman–Crippen LogP) is 1.11. The maximum Gasteiger partial charge on any atom is 0.401 e. The summed E-state index contributed by atoms with van der Waals surface area (Å²) in [5.41, 5.74) is 4.54. The van der Waals surface area contributed by atoms with Gasteiger partial charge in [0, 0.05) is 12.2 Å². The number of alkyl halides is 5. The molecule has 0 aromatic heterocycles. The van der Waals surface area contributed by atoms with Crippen molar-refractivity contribution < 1.29 is 45.5 Å². The molecule has 0 bridgehead atoms. The molecule has 1 aliphatic heterocycles. The van der Waals surface area contributed by atoms with Crippen molar-refractivity contribution in [3.05, 3.63) is 24.0 Å². The third kappa shape index (κ3) is 6.82. The molecular weight excluding hydrogens is 438 g/mol. The Labute approximate surface area is 171 Å². The smallest absolute Gasteiger partial charge is 0.370 e. The fourth-order valence-electron chi connectivity index (χ4n) is 2.91. The molecule has 172 valence electrons. The van der Waals surface area contributed by atoms with E-state index in [0.29, 0.717) is 0 Å². The average Bonchev–Trinajstić information content (AvgIpc) is 2.61. The van der Waals surface area contributed by atoms with E-state index in [-0.39, 0.29) is 30.3 Å². The molecule has 1 aromatic carbocycles. The number of benzene rings is 1. The van der Waals surface area contributed by atoms with E-state index in [0.717, 1.165) is 12.1 Å². The Kier molecular flexibility index (Phi) is 7.84. The zero-order valence-electron chi connectivity index (χ0n) is 15.8. The number of carbonyl (C=O) groups is 3. The fourth-order valence-corrected chi connectivity index (χ4v) is 2.91. The van der Waals surface area contributed by atoms with Gasteiger partial charge >= 0.3 is 6.18 Å². The lowest BCUT2D eigenvalue weighted by molar-refractivity contribution is -0.160. The van der Waals surface area contributed by atoms with Crippen molar-refractivity contribution in [3.8, 4) is 0 Å². The maximum atomic E-state index is 14.4. The van der Waals surface area contributed by atoms with E-state index < -0.39 is 61.0 Å². The van der Waals surface area contributed by atoms with E-state index in [1.54, 1.807) is 0 Å². The van der Waals surface area contributed by atoms with E-state index in [4.69, 9.17) is 10.5 Å². The normalized spacial score (nSPS) is 16.0. The van der Waals surface area contributed by atoms with Crippen LogP contribution in [-0.2, 0) is 19.1 Å². The molecule has 0 unspecified atom stereocenters. The van der Waals surface area contributed by atoms with Gasteiger partial charge < -0.3 is 20.7 Å². The van der Waals surface area contributed by atoms with Crippen LogP contribution in [0.15, 0.2) is 18.2 Å². The van der Waals surface area contributed by atoms with Gasteiger partial charge in [-0.3, -0.25) is 19.3 Å². The molecule has 1 aliphatic rings. The highest BCUT2D eigenvalue weighted by Crippen LogP contribution is 2.24. The Bertz CT molecular complexity index is 835. The lowest BCUT2D eigenvalue weighted by Crippen LogP contribution is -2.55. The van der Waals surface area contributed by atoms with Crippen LogP contribution in [0.2, 0.25) is 0 Å². The molecule has 1 atom stereocenters. The number of hydrogen-bond donors (Lipinski definition) is 2. The van der Waals surface area contributed by atoms with Crippen LogP contribution in [0.25, 0.3) is 0 Å². The number of nitrogens with one attached hydrogen (secondary N) is 1. The second-order valence-corrected chi connectivity index (χ2v) is 6.49. The topological polar surface area (TPSA) is 105 Å². The van der Waals surface area contributed by atoms with Gasteiger partial charge in [-0.1, -0.05) is 0 Å². The van der Waals surface area contributed by atoms with Gasteiger partial charge in [-0.2, -0.15) is 13.2 Å². The Morgan fingerprint density at radius 1 is 1.29 bits per heavy atom. The summed E-state index contributed by atoms with van der Waals surface area (Å²) in [7, 11) is 0. The molecule has 14 heteroatoms. The summed E-state index contributed by atoms with van der Waals surface area (Å²) in [6, 6.07) is 0.693. The lowest BCUT2D eigenvalue weighted by Gasteiger charge is -2.29. The molecule has 8 nitrogen and oxygen atoms in total. The summed E-state index contributed by atoms with van der Waals surface area (Å²) in [5, 5.41) is 1.88. The van der Waals surface area contributed by atoms with Gasteiger partial charge in [0.15, 0.2) is 6.04 Å². The molecule has 3 N–H and O–H groups in total. The van der Waals surface area contributed by atoms with Crippen LogP contribution in [0, 0.1) is 5.82 Å². The van der Waals surface area contributed by atoms with Crippen LogP contribution in [0.1, 0.15) is 0 Å². The quantitative estimate of drug-likeness (QED) is 0.451. The number of rotatable bonds is 8. The Morgan fingerprint density at radius 2 is 1.97 bits per heavy atom. The number of halogens is 6. The van der Waals surface area contributed by atoms with Gasteiger partial charge in [0.05, 0.1) is 25.4 Å². The summed E-state index contributed by atoms with van der Waals surface area (Å²) in [6.07, 6.45) is -8.32. The van der Waals surface area contributed by atoms with Gasteiger partial charge in [0.1, 0.15) is 12.4 Å². The number of anilines is 2. The monoisotopic (exact) mass is 456 g/mol. The summed E-state index contributed by atoms with van der Waals surface area (Å²) in [6.45, 7) is -3.43. The fraction of sp³-hybridized carbons (Fsp3) is 0.471. The molecule has 1 heterocycles. The van der Waals surface area contributed by atoms with Crippen molar-refractivity contribution >= 4 is 29.1 Å². The predicted molar refractivity (Wildman–Crippen MR) is 94.8 cm³/mol. The van der Waals surface area contributed by atoms with Gasteiger partial charge in [0.25, 0.3) is 18.2 Å². The first-order valence-electron chi connectivity index (χ1n) is 8.76. The van der Waals surface area contributed by atoms with Gasteiger partial charge in [-0.05, 0) is 18.2 Å². The van der Waals surface area contributed by atoms with Gasteiger partial charge in [-0.15, -0.1) is 0 Å². The summed E-state index contributed by atoms with van der Waals surface area (Å²) < 4.78 is 82.9. The third-order valence-electron chi connectivity index (χ3n) is 4.15. The second-order valence-electron chi connectivity index (χ2n) is 6.49. The first-order valence-corrected chi connectivity index (χ1v) is 8.76. The molecule has 1 saturated heterocycles. The number of morpholine rings is 1. The van der Waals surface area contributed by atoms with Gasteiger partial charge in [-0.25, -0.2) is 13.2 Å². The van der Waals surface area contributed by atoms with Crippen LogP contribution < -0.4 is 16.0 Å². The molecule has 0 radical (unpaired) electrons. The molecule has 1 aromatic rings. The number of carbonyl (C=O) groups excluding carboxylic acids is 3. The SMILES string of the molecule is NC(=O)[C@@H](C(=O)Nc1ccc(N2CCOCC2=O)cc1F)N(CC(F)F)CC(F)(F)F. The minimum absolute atomic E-state index is 0.131. The standard InChI is InChI=1S/C17H18F6N4O4/c18-10-5-9(27-3-4-31-7-13(27)28)1-2-11(10)25-16(30)14(15(24)29)26(6-12(19)20)8-17(21,22)23/h1-2,5,12,14H,3-4,6-8H2,(H2,24,29)(H,25,30)/t14-/m0/s1. The Morgan fingerprint density at radius 3 is 2.48 bits per heavy atom. The van der Waals surface area contributed by atoms with E-state index >= 15 is 0 Å². The average molecular weight is 456 g/mol. The van der Waals surface area contributed by atoms with Crippen LogP contribution in [0.3, 0.4) is 0 Å². The minimum atomic E-state index is -5.01. The first kappa shape index (κ1) is 24.4. The van der Waals surface area contributed by atoms with E-state index in [1.807, 2.05) is 5.32 Å². The second kappa shape index (κ2) is 9.96. The Balaban J connectivity index is 2.23. The molecular formula is C17H18F6N4O4. The van der Waals surface area contributed by atoms with Crippen LogP contribution >= 0.6 is 0 Å². The number of nitrogens with zero attached hydrogens (tertiary/aromatic N) is 2. The van der Waals surface area contributed by atoms with E-state index in [1.165, 1.54) is 11.0 Å². The number of nitrogens with two attached hydrogens (primary N) is 1. The van der Waals surface area contributed by atoms with Gasteiger partial charge in [0.2, 0.25) is 5.91 Å². The number of primary amides is 1. The highest BCUT2D eigenvalue weighted by Gasteiger charge is 2.40. The molecule has 0 spiro atoms. The van der Waals surface area contributed by atoms with Crippen molar-refractivity contribution in [2.24, 2.45) is 5.73 Å². The molecule has 2 rings (SSSR count). The van der Waals surface area contributed by atoms with E-state index in [2.05, 4.69) is 0 Å². The molecule has 0 aliphatic carbocycles. The minimum Gasteiger partial charge on any atom is -0.370 e.